The van der Waals surface area contributed by atoms with Crippen molar-refractivity contribution in [3.63, 3.8) is 0 Å². The Morgan fingerprint density at radius 1 is 1.28 bits per heavy atom. The van der Waals surface area contributed by atoms with Gasteiger partial charge in [0.2, 0.25) is 5.95 Å². The van der Waals surface area contributed by atoms with E-state index in [-0.39, 0.29) is 5.82 Å². The third kappa shape index (κ3) is 1.52. The van der Waals surface area contributed by atoms with Crippen molar-refractivity contribution in [3.8, 4) is 5.69 Å². The van der Waals surface area contributed by atoms with E-state index in [1.165, 1.54) is 12.1 Å². The number of nitrogen functional groups attached to an aromatic ring is 1. The van der Waals surface area contributed by atoms with E-state index in [9.17, 15) is 4.39 Å². The molecule has 0 saturated carbocycles. The molecule has 18 heavy (non-hydrogen) atoms. The van der Waals surface area contributed by atoms with Gasteiger partial charge in [0.05, 0.1) is 5.69 Å². The number of fused-ring (bicyclic) bond motifs is 1. The Labute approximate surface area is 103 Å². The molecule has 2 aromatic heterocycles. The largest absolute Gasteiger partial charge is 0.369 e. The zero-order valence-corrected chi connectivity index (χ0v) is 9.76. The Balaban J connectivity index is 2.37. The summed E-state index contributed by atoms with van der Waals surface area (Å²) in [6, 6.07) is 8.17. The van der Waals surface area contributed by atoms with Gasteiger partial charge in [-0.25, -0.2) is 14.4 Å². The van der Waals surface area contributed by atoms with Gasteiger partial charge in [-0.15, -0.1) is 0 Å². The SMILES string of the molecule is Cc1ccc(F)cc1-n1c(N)nc2cccnc21. The Morgan fingerprint density at radius 3 is 2.94 bits per heavy atom. The molecule has 90 valence electrons. The third-order valence-electron chi connectivity index (χ3n) is 2.85. The zero-order chi connectivity index (χ0) is 12.7. The Hall–Kier alpha value is -2.43. The van der Waals surface area contributed by atoms with Gasteiger partial charge in [0.25, 0.3) is 0 Å². The van der Waals surface area contributed by atoms with Crippen molar-refractivity contribution in [2.24, 2.45) is 0 Å². The van der Waals surface area contributed by atoms with Crippen molar-refractivity contribution < 1.29 is 4.39 Å². The number of hydrogen-bond donors (Lipinski definition) is 1. The fourth-order valence-corrected chi connectivity index (χ4v) is 1.99. The standard InChI is InChI=1S/C13H11FN4/c1-8-4-5-9(14)7-11(8)18-12-10(17-13(18)15)3-2-6-16-12/h2-7H,1H3,(H2,15,17). The summed E-state index contributed by atoms with van der Waals surface area (Å²) in [7, 11) is 0. The van der Waals surface area contributed by atoms with E-state index in [1.54, 1.807) is 22.9 Å². The lowest BCUT2D eigenvalue weighted by Crippen LogP contribution is -2.03. The van der Waals surface area contributed by atoms with E-state index >= 15 is 0 Å². The first-order valence-electron chi connectivity index (χ1n) is 5.52. The number of aryl methyl sites for hydroxylation is 1. The Bertz CT molecular complexity index is 733. The monoisotopic (exact) mass is 242 g/mol. The number of pyridine rings is 1. The van der Waals surface area contributed by atoms with Crippen molar-refractivity contribution in [1.82, 2.24) is 14.5 Å². The summed E-state index contributed by atoms with van der Waals surface area (Å²) >= 11 is 0. The van der Waals surface area contributed by atoms with Crippen LogP contribution in [0.4, 0.5) is 10.3 Å². The minimum absolute atomic E-state index is 0.303. The molecule has 0 aliphatic heterocycles. The quantitative estimate of drug-likeness (QED) is 0.713. The van der Waals surface area contributed by atoms with Crippen LogP contribution in [0.15, 0.2) is 36.5 Å². The molecule has 0 spiro atoms. The van der Waals surface area contributed by atoms with Gasteiger partial charge in [-0.2, -0.15) is 0 Å². The summed E-state index contributed by atoms with van der Waals surface area (Å²) in [4.78, 5) is 8.46. The normalized spacial score (nSPS) is 11.0. The van der Waals surface area contributed by atoms with E-state index in [1.807, 2.05) is 13.0 Å². The molecule has 0 saturated heterocycles. The molecule has 0 radical (unpaired) electrons. The minimum atomic E-state index is -0.312. The number of aromatic nitrogens is 3. The average Bonchev–Trinajstić information content (AvgIpc) is 2.68. The smallest absolute Gasteiger partial charge is 0.207 e. The molecule has 0 amide bonds. The van der Waals surface area contributed by atoms with Crippen LogP contribution in [0.3, 0.4) is 0 Å². The minimum Gasteiger partial charge on any atom is -0.369 e. The van der Waals surface area contributed by atoms with Crippen LogP contribution >= 0.6 is 0 Å². The molecule has 2 N–H and O–H groups in total. The van der Waals surface area contributed by atoms with Crippen LogP contribution in [-0.2, 0) is 0 Å². The molecule has 1 aromatic carbocycles. The van der Waals surface area contributed by atoms with Crippen LogP contribution in [0.2, 0.25) is 0 Å². The molecular weight excluding hydrogens is 231 g/mol. The fraction of sp³-hybridized carbons (Fsp3) is 0.0769. The maximum atomic E-state index is 13.4. The molecule has 0 unspecified atom stereocenters. The number of rotatable bonds is 1. The zero-order valence-electron chi connectivity index (χ0n) is 9.76. The van der Waals surface area contributed by atoms with Crippen molar-refractivity contribution >= 4 is 17.1 Å². The molecule has 5 heteroatoms. The lowest BCUT2D eigenvalue weighted by molar-refractivity contribution is 0.626. The number of nitrogens with two attached hydrogens (primary N) is 1. The van der Waals surface area contributed by atoms with Crippen molar-refractivity contribution in [2.75, 3.05) is 5.73 Å². The summed E-state index contributed by atoms with van der Waals surface area (Å²) in [5.41, 5.74) is 8.79. The maximum Gasteiger partial charge on any atom is 0.207 e. The molecule has 2 heterocycles. The molecule has 3 rings (SSSR count). The Kier molecular flexibility index (Phi) is 2.26. The van der Waals surface area contributed by atoms with Gasteiger partial charge in [-0.1, -0.05) is 6.07 Å². The summed E-state index contributed by atoms with van der Waals surface area (Å²) < 4.78 is 15.0. The number of nitrogens with zero attached hydrogens (tertiary/aromatic N) is 3. The number of benzene rings is 1. The van der Waals surface area contributed by atoms with Crippen LogP contribution in [0, 0.1) is 12.7 Å². The molecule has 4 nitrogen and oxygen atoms in total. The summed E-state index contributed by atoms with van der Waals surface area (Å²) in [5, 5.41) is 0. The first kappa shape index (κ1) is 10.7. The van der Waals surface area contributed by atoms with Crippen LogP contribution < -0.4 is 5.73 Å². The number of hydrogen-bond acceptors (Lipinski definition) is 3. The van der Waals surface area contributed by atoms with E-state index in [0.717, 1.165) is 5.56 Å². The average molecular weight is 242 g/mol. The van der Waals surface area contributed by atoms with E-state index in [2.05, 4.69) is 9.97 Å². The number of halogens is 1. The second-order valence-corrected chi connectivity index (χ2v) is 4.08. The molecule has 0 fully saturated rings. The van der Waals surface area contributed by atoms with E-state index in [0.29, 0.717) is 22.8 Å². The predicted octanol–water partition coefficient (Wildman–Crippen LogP) is 2.45. The molecular formula is C13H11FN4. The van der Waals surface area contributed by atoms with Gasteiger partial charge in [0, 0.05) is 6.20 Å². The number of imidazole rings is 1. The third-order valence-corrected chi connectivity index (χ3v) is 2.85. The summed E-state index contributed by atoms with van der Waals surface area (Å²) in [5.74, 6) is -0.00909. The van der Waals surface area contributed by atoms with Crippen LogP contribution in [0.1, 0.15) is 5.56 Å². The van der Waals surface area contributed by atoms with Gasteiger partial charge in [0.1, 0.15) is 11.3 Å². The van der Waals surface area contributed by atoms with E-state index < -0.39 is 0 Å². The molecule has 0 bridgehead atoms. The summed E-state index contributed by atoms with van der Waals surface area (Å²) in [6.45, 7) is 1.89. The highest BCUT2D eigenvalue weighted by atomic mass is 19.1. The molecule has 0 aliphatic rings. The summed E-state index contributed by atoms with van der Waals surface area (Å²) in [6.07, 6.45) is 1.66. The predicted molar refractivity (Wildman–Crippen MR) is 68.0 cm³/mol. The van der Waals surface area contributed by atoms with Crippen LogP contribution in [-0.4, -0.2) is 14.5 Å². The topological polar surface area (TPSA) is 56.7 Å². The second kappa shape index (κ2) is 3.80. The van der Waals surface area contributed by atoms with Crippen LogP contribution in [0.5, 0.6) is 0 Å². The molecule has 0 atom stereocenters. The van der Waals surface area contributed by atoms with Gasteiger partial charge < -0.3 is 5.73 Å². The maximum absolute atomic E-state index is 13.4. The lowest BCUT2D eigenvalue weighted by atomic mass is 10.2. The van der Waals surface area contributed by atoms with Gasteiger partial charge in [0.15, 0.2) is 5.65 Å². The molecule has 0 aliphatic carbocycles. The number of anilines is 1. The first-order chi connectivity index (χ1) is 8.66. The van der Waals surface area contributed by atoms with Gasteiger partial charge in [-0.3, -0.25) is 4.57 Å². The van der Waals surface area contributed by atoms with Crippen molar-refractivity contribution in [3.05, 3.63) is 47.9 Å². The van der Waals surface area contributed by atoms with Crippen LogP contribution in [0.25, 0.3) is 16.9 Å². The second-order valence-electron chi connectivity index (χ2n) is 4.08. The highest BCUT2D eigenvalue weighted by Crippen LogP contribution is 2.24. The first-order valence-corrected chi connectivity index (χ1v) is 5.52. The van der Waals surface area contributed by atoms with Gasteiger partial charge in [-0.05, 0) is 36.8 Å². The highest BCUT2D eigenvalue weighted by Gasteiger charge is 2.12. The van der Waals surface area contributed by atoms with Gasteiger partial charge >= 0.3 is 0 Å². The molecule has 3 aromatic rings. The van der Waals surface area contributed by atoms with Crippen molar-refractivity contribution in [1.29, 1.82) is 0 Å². The Morgan fingerprint density at radius 2 is 2.11 bits per heavy atom. The van der Waals surface area contributed by atoms with E-state index in [4.69, 9.17) is 5.73 Å². The highest BCUT2D eigenvalue weighted by molar-refractivity contribution is 5.77. The van der Waals surface area contributed by atoms with Crippen molar-refractivity contribution in [2.45, 2.75) is 6.92 Å². The fourth-order valence-electron chi connectivity index (χ4n) is 1.99. The lowest BCUT2D eigenvalue weighted by Gasteiger charge is -2.09.